The van der Waals surface area contributed by atoms with Crippen LogP contribution in [-0.4, -0.2) is 18.1 Å². The molecule has 0 amide bonds. The summed E-state index contributed by atoms with van der Waals surface area (Å²) in [5.74, 6) is -5.44. The Kier molecular flexibility index (Phi) is 4.14. The normalized spacial score (nSPS) is 25.8. The van der Waals surface area contributed by atoms with Gasteiger partial charge in [0.2, 0.25) is 0 Å². The Morgan fingerprint density at radius 3 is 2.07 bits per heavy atom. The highest BCUT2D eigenvalue weighted by atomic mass is 19.4. The largest absolute Gasteiger partial charge is 0.435 e. The van der Waals surface area contributed by atoms with E-state index >= 15 is 0 Å². The summed E-state index contributed by atoms with van der Waals surface area (Å²) in [6.45, 7) is 1.20. The van der Waals surface area contributed by atoms with E-state index in [-0.39, 0.29) is 29.0 Å². The maximum atomic E-state index is 14.3. The summed E-state index contributed by atoms with van der Waals surface area (Å²) in [5.41, 5.74) is -5.62. The van der Waals surface area contributed by atoms with E-state index in [0.717, 1.165) is 0 Å². The Labute approximate surface area is 159 Å². The first-order chi connectivity index (χ1) is 13.6. The molecule has 2 unspecified atom stereocenters. The number of hydrogen-bond acceptors (Lipinski definition) is 2. The highest BCUT2D eigenvalue weighted by Gasteiger charge is 2.62. The second-order valence-corrected chi connectivity index (χ2v) is 6.69. The average Bonchev–Trinajstić information content (AvgIpc) is 3.11. The van der Waals surface area contributed by atoms with Crippen molar-refractivity contribution in [2.45, 2.75) is 23.9 Å². The zero-order valence-electron chi connectivity index (χ0n) is 14.3. The van der Waals surface area contributed by atoms with E-state index < -0.39 is 46.9 Å². The van der Waals surface area contributed by atoms with E-state index in [1.54, 1.807) is 0 Å². The van der Waals surface area contributed by atoms with E-state index in [1.165, 1.54) is 37.0 Å². The van der Waals surface area contributed by atoms with Gasteiger partial charge in [0, 0.05) is 24.7 Å². The first-order valence-corrected chi connectivity index (χ1v) is 8.27. The van der Waals surface area contributed by atoms with Crippen LogP contribution in [-0.2, 0) is 16.1 Å². The van der Waals surface area contributed by atoms with Gasteiger partial charge in [-0.1, -0.05) is 29.4 Å². The maximum absolute atomic E-state index is 14.3. The van der Waals surface area contributed by atoms with Crippen LogP contribution in [0.25, 0.3) is 0 Å². The van der Waals surface area contributed by atoms with Crippen LogP contribution in [0.1, 0.15) is 23.1 Å². The molecule has 3 nitrogen and oxygen atoms in total. The van der Waals surface area contributed by atoms with Crippen molar-refractivity contribution in [1.29, 1.82) is 0 Å². The summed E-state index contributed by atoms with van der Waals surface area (Å²) < 4.78 is 96.0. The van der Waals surface area contributed by atoms with Crippen molar-refractivity contribution in [3.8, 4) is 0 Å². The van der Waals surface area contributed by atoms with Gasteiger partial charge in [-0.2, -0.15) is 13.2 Å². The molecule has 1 N–H and O–H groups in total. The third kappa shape index (κ3) is 2.93. The van der Waals surface area contributed by atoms with Gasteiger partial charge < -0.3 is 9.83 Å². The van der Waals surface area contributed by atoms with Crippen molar-refractivity contribution in [2.24, 2.45) is 5.16 Å². The maximum Gasteiger partial charge on any atom is 0.435 e. The van der Waals surface area contributed by atoms with Gasteiger partial charge in [0.25, 0.3) is 5.60 Å². The van der Waals surface area contributed by atoms with Gasteiger partial charge in [-0.25, -0.2) is 13.2 Å². The lowest BCUT2D eigenvalue weighted by atomic mass is 9.85. The number of nitrogens with zero attached hydrogens (tertiary/aromatic N) is 1. The number of oxime groups is 1. The molecule has 0 radical (unpaired) electrons. The monoisotopic (exact) mass is 416 g/mol. The summed E-state index contributed by atoms with van der Waals surface area (Å²) in [4.78, 5) is 7.20. The van der Waals surface area contributed by atoms with Crippen molar-refractivity contribution in [1.82, 2.24) is 0 Å². The highest BCUT2D eigenvalue weighted by molar-refractivity contribution is 6.02. The molecule has 152 valence electrons. The smallest absolute Gasteiger partial charge is 0.378 e. The quantitative estimate of drug-likeness (QED) is 0.466. The molecule has 29 heavy (non-hydrogen) atoms. The van der Waals surface area contributed by atoms with Crippen molar-refractivity contribution in [2.75, 3.05) is 0 Å². The fourth-order valence-electron chi connectivity index (χ4n) is 3.16. The summed E-state index contributed by atoms with van der Waals surface area (Å²) in [5, 5.41) is 3.45. The Balaban J connectivity index is 1.68. The molecule has 0 aliphatic carbocycles. The molecule has 0 bridgehead atoms. The van der Waals surface area contributed by atoms with Crippen LogP contribution in [0.4, 0.5) is 30.7 Å². The van der Waals surface area contributed by atoms with E-state index in [4.69, 9.17) is 0 Å². The minimum Gasteiger partial charge on any atom is -0.378 e. The Morgan fingerprint density at radius 2 is 1.59 bits per heavy atom. The van der Waals surface area contributed by atoms with Gasteiger partial charge in [-0.05, 0) is 23.3 Å². The van der Waals surface area contributed by atoms with Crippen molar-refractivity contribution >= 4 is 11.9 Å². The first kappa shape index (κ1) is 19.3. The van der Waals surface area contributed by atoms with Crippen LogP contribution in [0.15, 0.2) is 41.6 Å². The summed E-state index contributed by atoms with van der Waals surface area (Å²) in [7, 11) is 0. The van der Waals surface area contributed by atoms with Gasteiger partial charge in [-0.15, -0.1) is 0 Å². The van der Waals surface area contributed by atoms with Gasteiger partial charge >= 0.3 is 6.18 Å². The van der Waals surface area contributed by atoms with Crippen LogP contribution in [0, 0.1) is 24.0 Å². The fourth-order valence-corrected chi connectivity index (χ4v) is 3.16. The number of benzene rings is 2. The van der Waals surface area contributed by atoms with Gasteiger partial charge in [0.05, 0.1) is 5.71 Å². The molecule has 2 atom stereocenters. The predicted octanol–water partition coefficient (Wildman–Crippen LogP) is 3.18. The standard InChI is InChI=1S/C19H11F7N2O/c20-13-5-12(6-14(21)16(13)22)18(19(24,25)26)7-15(28-29-18)10-1-3-11(4-2-10)17(23)8-27-9-17/h1-6,8-9,27H,7H2. The minimum absolute atomic E-state index is 0.161. The molecule has 10 heteroatoms. The zero-order valence-corrected chi connectivity index (χ0v) is 14.3. The molecule has 2 aliphatic heterocycles. The van der Waals surface area contributed by atoms with Crippen molar-refractivity contribution in [3.05, 3.63) is 77.1 Å². The Morgan fingerprint density at radius 1 is 1.00 bits per heavy atom. The number of halogens is 7. The number of rotatable bonds is 3. The molecule has 0 fully saturated rings. The number of hydrogen-bond donors (Lipinski definition) is 1. The molecule has 4 rings (SSSR count). The Bertz CT molecular complexity index is 1010. The third-order valence-electron chi connectivity index (χ3n) is 4.88. The molecule has 0 saturated heterocycles. The summed E-state index contributed by atoms with van der Waals surface area (Å²) in [6, 6.07) is 5.92. The van der Waals surface area contributed by atoms with E-state index in [1.807, 2.05) is 0 Å². The highest BCUT2D eigenvalue weighted by Crippen LogP contribution is 2.49. The zero-order chi connectivity index (χ0) is 21.0. The predicted molar refractivity (Wildman–Crippen MR) is 86.8 cm³/mol. The second-order valence-electron chi connectivity index (χ2n) is 6.69. The lowest BCUT2D eigenvalue weighted by Gasteiger charge is -2.30. The van der Waals surface area contributed by atoms with Crippen LogP contribution >= 0.6 is 0 Å². The molecule has 2 aliphatic rings. The number of nitrogens with one attached hydrogen (secondary N) is 1. The molecule has 2 heterocycles. The molecule has 2 aromatic rings. The van der Waals surface area contributed by atoms with Gasteiger partial charge in [-0.3, -0.25) is 4.39 Å². The SMILES string of the molecule is Fc1cc(C2(C(F)(F)F)CC(c3ccc(C4(F)C=[NH+][CH-]4)cc3)=NO2)cc(F)c1F. The molecular weight excluding hydrogens is 405 g/mol. The summed E-state index contributed by atoms with van der Waals surface area (Å²) in [6.07, 6.45) is -4.81. The average molecular weight is 416 g/mol. The Hall–Kier alpha value is -3.04. The lowest BCUT2D eigenvalue weighted by Crippen LogP contribution is -2.81. The third-order valence-corrected chi connectivity index (χ3v) is 4.88. The topological polar surface area (TPSA) is 35.6 Å². The van der Waals surface area contributed by atoms with E-state index in [0.29, 0.717) is 0 Å². The molecule has 2 aromatic carbocycles. The molecule has 0 spiro atoms. The van der Waals surface area contributed by atoms with Crippen LogP contribution < -0.4 is 4.99 Å². The van der Waals surface area contributed by atoms with Crippen molar-refractivity contribution < 1.29 is 40.6 Å². The van der Waals surface area contributed by atoms with Gasteiger partial charge in [0.15, 0.2) is 23.1 Å². The van der Waals surface area contributed by atoms with Crippen LogP contribution in [0.2, 0.25) is 0 Å². The molecule has 0 aromatic heterocycles. The lowest BCUT2D eigenvalue weighted by molar-refractivity contribution is -0.457. The first-order valence-electron chi connectivity index (χ1n) is 8.27. The fraction of sp³-hybridized carbons (Fsp3) is 0.211. The second kappa shape index (κ2) is 6.23. The van der Waals surface area contributed by atoms with Crippen molar-refractivity contribution in [3.63, 3.8) is 0 Å². The van der Waals surface area contributed by atoms with Crippen LogP contribution in [0.3, 0.4) is 0 Å². The van der Waals surface area contributed by atoms with Gasteiger partial charge in [0.1, 0.15) is 0 Å². The van der Waals surface area contributed by atoms with Crippen LogP contribution in [0.5, 0.6) is 0 Å². The van der Waals surface area contributed by atoms with E-state index in [2.05, 4.69) is 15.0 Å². The molecular formula is C19H11F7N2O. The van der Waals surface area contributed by atoms with E-state index in [9.17, 15) is 30.7 Å². The minimum atomic E-state index is -5.11. The molecule has 0 saturated carbocycles. The number of alkyl halides is 4. The summed E-state index contributed by atoms with van der Waals surface area (Å²) >= 11 is 0.